The molecular formula is C16H23N5O4. The number of aromatic nitrogens is 3. The average molecular weight is 349 g/mol. The summed E-state index contributed by atoms with van der Waals surface area (Å²) in [6.45, 7) is 1.37. The molecule has 0 aliphatic heterocycles. The molecule has 0 saturated heterocycles. The molecule has 0 aliphatic rings. The Hall–Kier alpha value is -2.81. The van der Waals surface area contributed by atoms with Gasteiger partial charge in [-0.1, -0.05) is 0 Å². The number of methoxy groups -OCH3 is 4. The first-order valence-electron chi connectivity index (χ1n) is 7.71. The number of hydrogen-bond acceptors (Lipinski definition) is 9. The third kappa shape index (κ3) is 5.08. The molecule has 0 amide bonds. The Labute approximate surface area is 146 Å². The number of ether oxygens (including phenoxy) is 4. The molecule has 2 aromatic rings. The summed E-state index contributed by atoms with van der Waals surface area (Å²) in [6.07, 6.45) is 2.38. The first kappa shape index (κ1) is 18.5. The van der Waals surface area contributed by atoms with Crippen LogP contribution in [0, 0.1) is 0 Å². The Morgan fingerprint density at radius 2 is 1.72 bits per heavy atom. The van der Waals surface area contributed by atoms with Crippen molar-refractivity contribution < 1.29 is 18.9 Å². The van der Waals surface area contributed by atoms with E-state index in [0.717, 1.165) is 12.1 Å². The second kappa shape index (κ2) is 9.48. The van der Waals surface area contributed by atoms with E-state index in [1.165, 1.54) is 6.20 Å². The summed E-state index contributed by atoms with van der Waals surface area (Å²) in [5, 5.41) is 14.1. The summed E-state index contributed by atoms with van der Waals surface area (Å²) >= 11 is 0. The first-order valence-corrected chi connectivity index (χ1v) is 7.71. The summed E-state index contributed by atoms with van der Waals surface area (Å²) in [6, 6.07) is 3.57. The van der Waals surface area contributed by atoms with Crippen LogP contribution < -0.4 is 24.8 Å². The van der Waals surface area contributed by atoms with Gasteiger partial charge in [-0.25, -0.2) is 0 Å². The molecule has 0 bridgehead atoms. The SMILES string of the molecule is COCCCNc1nncc(Nc2cc(OC)c(OC)c(OC)c2)n1. The molecule has 0 fully saturated rings. The van der Waals surface area contributed by atoms with Crippen molar-refractivity contribution in [2.75, 3.05) is 52.2 Å². The smallest absolute Gasteiger partial charge is 0.244 e. The fourth-order valence-electron chi connectivity index (χ4n) is 2.16. The third-order valence-corrected chi connectivity index (χ3v) is 3.30. The first-order chi connectivity index (χ1) is 12.2. The Morgan fingerprint density at radius 1 is 1.00 bits per heavy atom. The van der Waals surface area contributed by atoms with Crippen LogP contribution in [0.4, 0.5) is 17.5 Å². The molecule has 25 heavy (non-hydrogen) atoms. The van der Waals surface area contributed by atoms with E-state index in [9.17, 15) is 0 Å². The van der Waals surface area contributed by atoms with Crippen LogP contribution in [-0.2, 0) is 4.74 Å². The number of hydrogen-bond donors (Lipinski definition) is 2. The van der Waals surface area contributed by atoms with Crippen molar-refractivity contribution in [3.05, 3.63) is 18.3 Å². The maximum Gasteiger partial charge on any atom is 0.244 e. The normalized spacial score (nSPS) is 10.2. The Morgan fingerprint density at radius 3 is 2.32 bits per heavy atom. The molecule has 9 heteroatoms. The lowest BCUT2D eigenvalue weighted by Gasteiger charge is -2.15. The van der Waals surface area contributed by atoms with Crippen molar-refractivity contribution in [2.45, 2.75) is 6.42 Å². The van der Waals surface area contributed by atoms with E-state index in [1.807, 2.05) is 0 Å². The van der Waals surface area contributed by atoms with Gasteiger partial charge in [-0.3, -0.25) is 0 Å². The van der Waals surface area contributed by atoms with Gasteiger partial charge in [0.1, 0.15) is 0 Å². The van der Waals surface area contributed by atoms with Gasteiger partial charge in [0.2, 0.25) is 11.7 Å². The largest absolute Gasteiger partial charge is 0.493 e. The molecule has 2 N–H and O–H groups in total. The van der Waals surface area contributed by atoms with Crippen molar-refractivity contribution in [1.29, 1.82) is 0 Å². The van der Waals surface area contributed by atoms with Gasteiger partial charge in [-0.2, -0.15) is 10.1 Å². The van der Waals surface area contributed by atoms with Crippen molar-refractivity contribution in [3.8, 4) is 17.2 Å². The molecule has 1 aromatic heterocycles. The summed E-state index contributed by atoms with van der Waals surface area (Å²) in [7, 11) is 6.36. The molecule has 0 aliphatic carbocycles. The second-order valence-electron chi connectivity index (χ2n) is 4.98. The van der Waals surface area contributed by atoms with Crippen molar-refractivity contribution in [2.24, 2.45) is 0 Å². The van der Waals surface area contributed by atoms with E-state index >= 15 is 0 Å². The Balaban J connectivity index is 2.13. The number of nitrogens with zero attached hydrogens (tertiary/aromatic N) is 3. The van der Waals surface area contributed by atoms with Gasteiger partial charge >= 0.3 is 0 Å². The van der Waals surface area contributed by atoms with Gasteiger partial charge in [0.25, 0.3) is 0 Å². The highest BCUT2D eigenvalue weighted by molar-refractivity contribution is 5.66. The van der Waals surface area contributed by atoms with Crippen LogP contribution in [0.15, 0.2) is 18.3 Å². The minimum atomic E-state index is 0.438. The van der Waals surface area contributed by atoms with E-state index in [-0.39, 0.29) is 0 Å². The lowest BCUT2D eigenvalue weighted by atomic mass is 10.2. The fraction of sp³-hybridized carbons (Fsp3) is 0.438. The number of nitrogens with one attached hydrogen (secondary N) is 2. The molecule has 0 saturated carbocycles. The van der Waals surface area contributed by atoms with Crippen molar-refractivity contribution >= 4 is 17.5 Å². The highest BCUT2D eigenvalue weighted by Gasteiger charge is 2.13. The molecule has 1 heterocycles. The summed E-state index contributed by atoms with van der Waals surface area (Å²) < 4.78 is 21.0. The van der Waals surface area contributed by atoms with Crippen LogP contribution >= 0.6 is 0 Å². The van der Waals surface area contributed by atoms with Crippen LogP contribution in [0.25, 0.3) is 0 Å². The highest BCUT2D eigenvalue weighted by Crippen LogP contribution is 2.40. The zero-order chi connectivity index (χ0) is 18.1. The molecular weight excluding hydrogens is 326 g/mol. The number of benzene rings is 1. The topological polar surface area (TPSA) is 99.7 Å². The third-order valence-electron chi connectivity index (χ3n) is 3.30. The predicted octanol–water partition coefficient (Wildman–Crippen LogP) is 2.09. The lowest BCUT2D eigenvalue weighted by molar-refractivity contribution is 0.197. The molecule has 136 valence electrons. The van der Waals surface area contributed by atoms with Crippen LogP contribution in [-0.4, -0.2) is 56.8 Å². The maximum absolute atomic E-state index is 5.34. The van der Waals surface area contributed by atoms with Crippen molar-refractivity contribution in [3.63, 3.8) is 0 Å². The highest BCUT2D eigenvalue weighted by atomic mass is 16.5. The number of anilines is 3. The van der Waals surface area contributed by atoms with Gasteiger partial charge in [0.05, 0.1) is 27.5 Å². The minimum Gasteiger partial charge on any atom is -0.493 e. The van der Waals surface area contributed by atoms with Gasteiger partial charge in [-0.05, 0) is 6.42 Å². The molecule has 0 spiro atoms. The molecule has 1 aromatic carbocycles. The molecule has 9 nitrogen and oxygen atoms in total. The second-order valence-corrected chi connectivity index (χ2v) is 4.98. The predicted molar refractivity (Wildman–Crippen MR) is 94.2 cm³/mol. The summed E-state index contributed by atoms with van der Waals surface area (Å²) in [5.41, 5.74) is 0.723. The summed E-state index contributed by atoms with van der Waals surface area (Å²) in [4.78, 5) is 4.37. The van der Waals surface area contributed by atoms with Gasteiger partial charge in [-0.15, -0.1) is 5.10 Å². The standard InChI is InChI=1S/C16H23N5O4/c1-22-7-5-6-17-16-20-14(10-18-21-16)19-11-8-12(23-2)15(25-4)13(9-11)24-3/h8-10H,5-7H2,1-4H3,(H2,17,19,20,21). The van der Waals surface area contributed by atoms with Gasteiger partial charge in [0.15, 0.2) is 17.3 Å². The van der Waals surface area contributed by atoms with E-state index < -0.39 is 0 Å². The number of rotatable bonds is 10. The van der Waals surface area contributed by atoms with E-state index in [1.54, 1.807) is 40.6 Å². The van der Waals surface area contributed by atoms with Crippen LogP contribution in [0.3, 0.4) is 0 Å². The Kier molecular flexibility index (Phi) is 7.02. The van der Waals surface area contributed by atoms with E-state index in [2.05, 4.69) is 25.8 Å². The fourth-order valence-corrected chi connectivity index (χ4v) is 2.16. The average Bonchev–Trinajstić information content (AvgIpc) is 2.64. The molecule has 2 rings (SSSR count). The van der Waals surface area contributed by atoms with Gasteiger partial charge in [0, 0.05) is 38.1 Å². The van der Waals surface area contributed by atoms with Crippen molar-refractivity contribution in [1.82, 2.24) is 15.2 Å². The van der Waals surface area contributed by atoms with Crippen LogP contribution in [0.2, 0.25) is 0 Å². The maximum atomic E-state index is 5.34. The summed E-state index contributed by atoms with van der Waals surface area (Å²) in [5.74, 6) is 2.59. The minimum absolute atomic E-state index is 0.438. The zero-order valence-corrected chi connectivity index (χ0v) is 14.8. The van der Waals surface area contributed by atoms with Crippen LogP contribution in [0.1, 0.15) is 6.42 Å². The molecule has 0 atom stereocenters. The zero-order valence-electron chi connectivity index (χ0n) is 14.8. The lowest BCUT2D eigenvalue weighted by Crippen LogP contribution is -2.09. The monoisotopic (exact) mass is 349 g/mol. The Bertz CT molecular complexity index is 658. The van der Waals surface area contributed by atoms with Crippen LogP contribution in [0.5, 0.6) is 17.2 Å². The van der Waals surface area contributed by atoms with E-state index in [0.29, 0.717) is 42.2 Å². The molecule has 0 radical (unpaired) electrons. The van der Waals surface area contributed by atoms with Gasteiger partial charge < -0.3 is 29.6 Å². The quantitative estimate of drug-likeness (QED) is 0.624. The van der Waals surface area contributed by atoms with E-state index in [4.69, 9.17) is 18.9 Å². The molecule has 0 unspecified atom stereocenters.